The monoisotopic (exact) mass is 400 g/mol. The number of ether oxygens (including phenoxy) is 3. The zero-order valence-electron chi connectivity index (χ0n) is 17.8. The molecule has 0 saturated carbocycles. The standard InChI is InChI=1S/C23H30N2O4/c1-17(26)19-6-8-21(27-2)20(14-19)16-25-11-9-24(10-12-25)15-18-5-7-22(28-3)23(13-18)29-4/h5-8,13-14H,9-12,15-16H2,1-4H3/p+2. The summed E-state index contributed by atoms with van der Waals surface area (Å²) in [5, 5.41) is 0. The second-order valence-electron chi connectivity index (χ2n) is 7.63. The van der Waals surface area contributed by atoms with E-state index in [1.54, 1.807) is 33.2 Å². The zero-order valence-corrected chi connectivity index (χ0v) is 17.8. The fourth-order valence-electron chi connectivity index (χ4n) is 3.99. The summed E-state index contributed by atoms with van der Waals surface area (Å²) in [6.45, 7) is 7.88. The van der Waals surface area contributed by atoms with Crippen LogP contribution in [0.2, 0.25) is 0 Å². The Hall–Kier alpha value is -2.57. The number of nitrogens with one attached hydrogen (secondary N) is 2. The largest absolute Gasteiger partial charge is 0.496 e. The predicted octanol–water partition coefficient (Wildman–Crippen LogP) is 0.399. The number of benzene rings is 2. The van der Waals surface area contributed by atoms with Crippen molar-refractivity contribution in [1.82, 2.24) is 0 Å². The minimum absolute atomic E-state index is 0.0908. The van der Waals surface area contributed by atoms with Gasteiger partial charge in [-0.05, 0) is 43.3 Å². The lowest BCUT2D eigenvalue weighted by molar-refractivity contribution is -1.02. The van der Waals surface area contributed by atoms with Gasteiger partial charge in [0.15, 0.2) is 17.3 Å². The molecule has 0 spiro atoms. The van der Waals surface area contributed by atoms with Gasteiger partial charge in [0.05, 0.1) is 21.3 Å². The summed E-state index contributed by atoms with van der Waals surface area (Å²) in [4.78, 5) is 14.8. The smallest absolute Gasteiger partial charge is 0.161 e. The number of carbonyl (C=O) groups is 1. The second kappa shape index (κ2) is 9.76. The number of Topliss-reactive ketones (excluding diaryl/α,β-unsaturated/α-hetero) is 1. The summed E-state index contributed by atoms with van der Waals surface area (Å²) in [6, 6.07) is 11.9. The number of carbonyl (C=O) groups excluding carboxylic acids is 1. The molecule has 1 fully saturated rings. The van der Waals surface area contributed by atoms with Gasteiger partial charge in [0.25, 0.3) is 0 Å². The van der Waals surface area contributed by atoms with E-state index in [1.165, 1.54) is 10.5 Å². The summed E-state index contributed by atoms with van der Waals surface area (Å²) in [6.07, 6.45) is 0. The topological polar surface area (TPSA) is 53.6 Å². The number of methoxy groups -OCH3 is 3. The lowest BCUT2D eigenvalue weighted by Gasteiger charge is -2.30. The van der Waals surface area contributed by atoms with Crippen molar-refractivity contribution in [3.63, 3.8) is 0 Å². The molecular weight excluding hydrogens is 368 g/mol. The van der Waals surface area contributed by atoms with Crippen molar-refractivity contribution in [1.29, 1.82) is 0 Å². The number of piperazine rings is 1. The van der Waals surface area contributed by atoms with Crippen molar-refractivity contribution >= 4 is 5.78 Å². The SMILES string of the molecule is COc1ccc(C(C)=O)cc1C[NH+]1CC[NH+](Cc2ccc(OC)c(OC)c2)CC1. The van der Waals surface area contributed by atoms with E-state index in [1.807, 2.05) is 24.3 Å². The normalized spacial score (nSPS) is 18.9. The first-order valence-corrected chi connectivity index (χ1v) is 10.1. The van der Waals surface area contributed by atoms with Gasteiger partial charge in [-0.25, -0.2) is 0 Å². The molecule has 1 saturated heterocycles. The number of ketones is 1. The van der Waals surface area contributed by atoms with Gasteiger partial charge >= 0.3 is 0 Å². The Morgan fingerprint density at radius 2 is 1.38 bits per heavy atom. The number of hydrogen-bond donors (Lipinski definition) is 2. The third kappa shape index (κ3) is 5.28. The fourth-order valence-corrected chi connectivity index (χ4v) is 3.99. The molecule has 0 amide bonds. The van der Waals surface area contributed by atoms with Crippen LogP contribution in [0.15, 0.2) is 36.4 Å². The molecule has 0 atom stereocenters. The maximum absolute atomic E-state index is 11.7. The van der Waals surface area contributed by atoms with Crippen LogP contribution < -0.4 is 24.0 Å². The number of quaternary nitrogens is 2. The lowest BCUT2D eigenvalue weighted by atomic mass is 10.1. The van der Waals surface area contributed by atoms with Crippen LogP contribution >= 0.6 is 0 Å². The third-order valence-corrected chi connectivity index (χ3v) is 5.69. The van der Waals surface area contributed by atoms with Crippen molar-refractivity contribution in [2.45, 2.75) is 20.0 Å². The number of hydrogen-bond acceptors (Lipinski definition) is 4. The van der Waals surface area contributed by atoms with Crippen molar-refractivity contribution in [2.24, 2.45) is 0 Å². The summed E-state index contributed by atoms with van der Waals surface area (Å²) in [5.41, 5.74) is 3.12. The molecule has 0 radical (unpaired) electrons. The second-order valence-corrected chi connectivity index (χ2v) is 7.63. The van der Waals surface area contributed by atoms with E-state index in [2.05, 4.69) is 12.1 Å². The molecule has 3 rings (SSSR count). The zero-order chi connectivity index (χ0) is 20.8. The van der Waals surface area contributed by atoms with Gasteiger partial charge in [-0.15, -0.1) is 0 Å². The van der Waals surface area contributed by atoms with E-state index in [-0.39, 0.29) is 5.78 Å². The Labute approximate surface area is 173 Å². The molecule has 29 heavy (non-hydrogen) atoms. The molecule has 6 nitrogen and oxygen atoms in total. The molecule has 1 heterocycles. The van der Waals surface area contributed by atoms with Gasteiger partial charge in [-0.3, -0.25) is 4.79 Å². The maximum Gasteiger partial charge on any atom is 0.161 e. The highest BCUT2D eigenvalue weighted by Crippen LogP contribution is 2.27. The van der Waals surface area contributed by atoms with Crippen LogP contribution in [-0.4, -0.2) is 53.3 Å². The Morgan fingerprint density at radius 3 is 1.97 bits per heavy atom. The van der Waals surface area contributed by atoms with Crippen molar-refractivity contribution in [3.05, 3.63) is 53.1 Å². The van der Waals surface area contributed by atoms with E-state index < -0.39 is 0 Å². The van der Waals surface area contributed by atoms with Crippen LogP contribution in [0, 0.1) is 0 Å². The highest BCUT2D eigenvalue weighted by molar-refractivity contribution is 5.94. The first kappa shape index (κ1) is 21.1. The third-order valence-electron chi connectivity index (χ3n) is 5.69. The highest BCUT2D eigenvalue weighted by atomic mass is 16.5. The molecule has 2 N–H and O–H groups in total. The molecule has 0 bridgehead atoms. The van der Waals surface area contributed by atoms with E-state index >= 15 is 0 Å². The average molecular weight is 401 g/mol. The fraction of sp³-hybridized carbons (Fsp3) is 0.435. The Morgan fingerprint density at radius 1 is 0.793 bits per heavy atom. The summed E-state index contributed by atoms with van der Waals surface area (Å²) >= 11 is 0. The molecule has 6 heteroatoms. The summed E-state index contributed by atoms with van der Waals surface area (Å²) in [7, 11) is 5.02. The van der Waals surface area contributed by atoms with Crippen LogP contribution in [0.25, 0.3) is 0 Å². The molecule has 2 aromatic carbocycles. The van der Waals surface area contributed by atoms with Gasteiger partial charge < -0.3 is 24.0 Å². The first-order valence-electron chi connectivity index (χ1n) is 10.1. The quantitative estimate of drug-likeness (QED) is 0.630. The van der Waals surface area contributed by atoms with E-state index in [0.717, 1.165) is 67.6 Å². The number of rotatable bonds is 8. The predicted molar refractivity (Wildman–Crippen MR) is 111 cm³/mol. The van der Waals surface area contributed by atoms with Gasteiger partial charge in [-0.2, -0.15) is 0 Å². The molecule has 2 aromatic rings. The van der Waals surface area contributed by atoms with Crippen molar-refractivity contribution in [3.8, 4) is 17.2 Å². The summed E-state index contributed by atoms with van der Waals surface area (Å²) in [5.74, 6) is 2.50. The highest BCUT2D eigenvalue weighted by Gasteiger charge is 2.24. The molecular formula is C23H32N2O4+2. The Kier molecular flexibility index (Phi) is 7.12. The lowest BCUT2D eigenvalue weighted by Crippen LogP contribution is -3.27. The first-order chi connectivity index (χ1) is 14.0. The minimum atomic E-state index is 0.0908. The van der Waals surface area contributed by atoms with Gasteiger partial charge in [-0.1, -0.05) is 0 Å². The minimum Gasteiger partial charge on any atom is -0.496 e. The van der Waals surface area contributed by atoms with Crippen LogP contribution in [-0.2, 0) is 13.1 Å². The molecule has 1 aliphatic rings. The van der Waals surface area contributed by atoms with Crippen LogP contribution in [0.4, 0.5) is 0 Å². The van der Waals surface area contributed by atoms with E-state index in [0.29, 0.717) is 0 Å². The van der Waals surface area contributed by atoms with Crippen molar-refractivity contribution < 1.29 is 28.8 Å². The molecule has 0 aliphatic carbocycles. The van der Waals surface area contributed by atoms with Gasteiger partial charge in [0.2, 0.25) is 0 Å². The Balaban J connectivity index is 1.58. The Bertz CT molecular complexity index is 845. The molecule has 0 unspecified atom stereocenters. The summed E-state index contributed by atoms with van der Waals surface area (Å²) < 4.78 is 16.3. The van der Waals surface area contributed by atoms with Crippen molar-refractivity contribution in [2.75, 3.05) is 47.5 Å². The van der Waals surface area contributed by atoms with E-state index in [9.17, 15) is 4.79 Å². The maximum atomic E-state index is 11.7. The van der Waals surface area contributed by atoms with Gasteiger partial charge in [0, 0.05) is 16.7 Å². The van der Waals surface area contributed by atoms with Crippen LogP contribution in [0.3, 0.4) is 0 Å². The molecule has 156 valence electrons. The molecule has 1 aliphatic heterocycles. The van der Waals surface area contributed by atoms with Gasteiger partial charge in [0.1, 0.15) is 45.0 Å². The van der Waals surface area contributed by atoms with Crippen LogP contribution in [0.1, 0.15) is 28.4 Å². The molecule has 0 aromatic heterocycles. The average Bonchev–Trinajstić information content (AvgIpc) is 2.74. The van der Waals surface area contributed by atoms with Crippen LogP contribution in [0.5, 0.6) is 17.2 Å². The van der Waals surface area contributed by atoms with E-state index in [4.69, 9.17) is 14.2 Å².